The lowest BCUT2D eigenvalue weighted by atomic mass is 10.1. The Morgan fingerprint density at radius 2 is 2.32 bits per heavy atom. The van der Waals surface area contributed by atoms with Gasteiger partial charge in [0, 0.05) is 6.07 Å². The van der Waals surface area contributed by atoms with Crippen molar-refractivity contribution in [3.05, 3.63) is 46.1 Å². The first-order chi connectivity index (χ1) is 9.08. The predicted molar refractivity (Wildman–Crippen MR) is 60.2 cm³/mol. The van der Waals surface area contributed by atoms with E-state index in [0.717, 1.165) is 24.6 Å². The highest BCUT2D eigenvalue weighted by atomic mass is 16.6. The molecule has 0 spiro atoms. The number of phenolic OH excluding ortho intramolecular Hbond substituents is 1. The zero-order valence-electron chi connectivity index (χ0n) is 9.44. The van der Waals surface area contributed by atoms with Crippen LogP contribution < -0.4 is 5.32 Å². The molecular formula is C10H8N4O5. The molecule has 1 heterocycles. The highest BCUT2D eigenvalue weighted by Crippen LogP contribution is 2.23. The first kappa shape index (κ1) is 12.5. The number of carbonyl (C=O) groups is 1. The molecule has 9 nitrogen and oxygen atoms in total. The fraction of sp³-hybridized carbons (Fsp3) is 0.100. The van der Waals surface area contributed by atoms with Gasteiger partial charge in [-0.1, -0.05) is 5.16 Å². The van der Waals surface area contributed by atoms with Crippen LogP contribution in [-0.4, -0.2) is 26.1 Å². The number of carbonyl (C=O) groups excluding carboxylic acids is 1. The SMILES string of the molecule is O=C(NCc1ncon1)c1cc(O)ccc1[N+](=O)[O-]. The third kappa shape index (κ3) is 2.83. The van der Waals surface area contributed by atoms with Gasteiger partial charge >= 0.3 is 0 Å². The molecule has 0 unspecified atom stereocenters. The Morgan fingerprint density at radius 3 is 2.95 bits per heavy atom. The monoisotopic (exact) mass is 264 g/mol. The maximum atomic E-state index is 11.8. The van der Waals surface area contributed by atoms with E-state index in [0.29, 0.717) is 0 Å². The molecule has 0 aliphatic heterocycles. The molecule has 2 N–H and O–H groups in total. The van der Waals surface area contributed by atoms with Crippen LogP contribution >= 0.6 is 0 Å². The molecule has 1 aromatic heterocycles. The zero-order chi connectivity index (χ0) is 13.8. The number of amides is 1. The normalized spacial score (nSPS) is 10.1. The van der Waals surface area contributed by atoms with Crippen LogP contribution in [0.25, 0.3) is 0 Å². The van der Waals surface area contributed by atoms with Crippen LogP contribution in [0.3, 0.4) is 0 Å². The summed E-state index contributed by atoms with van der Waals surface area (Å²) in [5.41, 5.74) is -0.642. The number of benzene rings is 1. The number of nitro benzene ring substituents is 1. The fourth-order valence-corrected chi connectivity index (χ4v) is 1.39. The van der Waals surface area contributed by atoms with Gasteiger partial charge in [-0.15, -0.1) is 0 Å². The van der Waals surface area contributed by atoms with E-state index < -0.39 is 16.5 Å². The molecule has 98 valence electrons. The smallest absolute Gasteiger partial charge is 0.282 e. The van der Waals surface area contributed by atoms with E-state index in [1.807, 2.05) is 0 Å². The molecule has 0 aliphatic rings. The second-order valence-corrected chi connectivity index (χ2v) is 3.49. The topological polar surface area (TPSA) is 131 Å². The van der Waals surface area contributed by atoms with Crippen LogP contribution in [0.4, 0.5) is 5.69 Å². The third-order valence-electron chi connectivity index (χ3n) is 2.24. The average molecular weight is 264 g/mol. The Hall–Kier alpha value is -2.97. The van der Waals surface area contributed by atoms with Crippen molar-refractivity contribution in [1.29, 1.82) is 0 Å². The van der Waals surface area contributed by atoms with Crippen LogP contribution in [0.5, 0.6) is 5.75 Å². The number of hydrogen-bond donors (Lipinski definition) is 2. The van der Waals surface area contributed by atoms with Crippen LogP contribution in [0.15, 0.2) is 29.1 Å². The minimum atomic E-state index is -0.715. The molecule has 0 atom stereocenters. The minimum absolute atomic E-state index is 0.0395. The van der Waals surface area contributed by atoms with E-state index in [4.69, 9.17) is 0 Å². The number of nitro groups is 1. The Bertz CT molecular complexity index is 610. The fourth-order valence-electron chi connectivity index (χ4n) is 1.39. The molecular weight excluding hydrogens is 256 g/mol. The zero-order valence-corrected chi connectivity index (χ0v) is 9.44. The van der Waals surface area contributed by atoms with E-state index in [1.54, 1.807) is 0 Å². The number of aromatic nitrogens is 2. The van der Waals surface area contributed by atoms with E-state index in [2.05, 4.69) is 20.0 Å². The van der Waals surface area contributed by atoms with E-state index in [9.17, 15) is 20.0 Å². The summed E-state index contributed by atoms with van der Waals surface area (Å²) in [4.78, 5) is 25.6. The first-order valence-corrected chi connectivity index (χ1v) is 5.09. The average Bonchev–Trinajstić information content (AvgIpc) is 2.88. The minimum Gasteiger partial charge on any atom is -0.508 e. The highest BCUT2D eigenvalue weighted by Gasteiger charge is 2.20. The van der Waals surface area contributed by atoms with Gasteiger partial charge in [-0.05, 0) is 12.1 Å². The van der Waals surface area contributed by atoms with Crippen molar-refractivity contribution in [3.63, 3.8) is 0 Å². The number of phenols is 1. The van der Waals surface area contributed by atoms with Gasteiger partial charge in [0.1, 0.15) is 11.3 Å². The third-order valence-corrected chi connectivity index (χ3v) is 2.24. The summed E-state index contributed by atoms with van der Waals surface area (Å²) in [6, 6.07) is 3.20. The Labute approximate surface area is 106 Å². The molecule has 2 aromatic rings. The van der Waals surface area contributed by atoms with Crippen molar-refractivity contribution < 1.29 is 19.3 Å². The quantitative estimate of drug-likeness (QED) is 0.610. The van der Waals surface area contributed by atoms with Gasteiger partial charge in [0.05, 0.1) is 11.5 Å². The molecule has 0 aliphatic carbocycles. The van der Waals surface area contributed by atoms with Gasteiger partial charge in [0.25, 0.3) is 11.6 Å². The van der Waals surface area contributed by atoms with E-state index in [-0.39, 0.29) is 23.7 Å². The van der Waals surface area contributed by atoms with Crippen molar-refractivity contribution in [2.24, 2.45) is 0 Å². The van der Waals surface area contributed by atoms with Crippen LogP contribution in [0.2, 0.25) is 0 Å². The molecule has 0 bridgehead atoms. The summed E-state index contributed by atoms with van der Waals surface area (Å²) >= 11 is 0. The van der Waals surface area contributed by atoms with Crippen molar-refractivity contribution in [2.75, 3.05) is 0 Å². The standard InChI is InChI=1S/C10H8N4O5/c15-6-1-2-8(14(17)18)7(3-6)10(16)11-4-9-12-5-19-13-9/h1-3,5,15H,4H2,(H,11,16). The first-order valence-electron chi connectivity index (χ1n) is 5.09. The van der Waals surface area contributed by atoms with Gasteiger partial charge in [-0.25, -0.2) is 0 Å². The lowest BCUT2D eigenvalue weighted by Gasteiger charge is -2.04. The second kappa shape index (κ2) is 5.12. The van der Waals surface area contributed by atoms with Crippen molar-refractivity contribution in [3.8, 4) is 5.75 Å². The van der Waals surface area contributed by atoms with Crippen LogP contribution in [-0.2, 0) is 6.54 Å². The number of nitrogens with one attached hydrogen (secondary N) is 1. The molecule has 1 aromatic carbocycles. The summed E-state index contributed by atoms with van der Waals surface area (Å²) in [5.74, 6) is -0.723. The highest BCUT2D eigenvalue weighted by molar-refractivity contribution is 5.98. The molecule has 0 fully saturated rings. The van der Waals surface area contributed by atoms with E-state index >= 15 is 0 Å². The molecule has 0 saturated carbocycles. The van der Waals surface area contributed by atoms with Gasteiger partial charge in [-0.3, -0.25) is 14.9 Å². The maximum absolute atomic E-state index is 11.8. The van der Waals surface area contributed by atoms with Crippen LogP contribution in [0, 0.1) is 10.1 Å². The van der Waals surface area contributed by atoms with Gasteiger partial charge in [0.2, 0.25) is 6.39 Å². The summed E-state index contributed by atoms with van der Waals surface area (Å²) < 4.78 is 4.47. The molecule has 19 heavy (non-hydrogen) atoms. The molecule has 1 amide bonds. The van der Waals surface area contributed by atoms with Gasteiger partial charge in [0.15, 0.2) is 5.82 Å². The second-order valence-electron chi connectivity index (χ2n) is 3.49. The predicted octanol–water partition coefficient (Wildman–Crippen LogP) is 0.613. The Balaban J connectivity index is 2.18. The van der Waals surface area contributed by atoms with Crippen LogP contribution in [0.1, 0.15) is 16.2 Å². The lowest BCUT2D eigenvalue weighted by Crippen LogP contribution is -2.24. The molecule has 0 saturated heterocycles. The van der Waals surface area contributed by atoms with Crippen molar-refractivity contribution >= 4 is 11.6 Å². The summed E-state index contributed by atoms with van der Waals surface area (Å²) in [5, 5.41) is 25.9. The lowest BCUT2D eigenvalue weighted by molar-refractivity contribution is -0.385. The summed E-state index contributed by atoms with van der Waals surface area (Å²) in [7, 11) is 0. The molecule has 0 radical (unpaired) electrons. The number of nitrogens with zero attached hydrogens (tertiary/aromatic N) is 3. The number of hydrogen-bond acceptors (Lipinski definition) is 7. The molecule has 2 rings (SSSR count). The summed E-state index contributed by atoms with van der Waals surface area (Å²) in [6.45, 7) is -0.0395. The van der Waals surface area contributed by atoms with E-state index in [1.165, 1.54) is 0 Å². The van der Waals surface area contributed by atoms with Crippen molar-refractivity contribution in [1.82, 2.24) is 15.5 Å². The maximum Gasteiger partial charge on any atom is 0.282 e. The Morgan fingerprint density at radius 1 is 1.53 bits per heavy atom. The summed E-state index contributed by atoms with van der Waals surface area (Å²) in [6.07, 6.45) is 1.10. The van der Waals surface area contributed by atoms with Gasteiger partial charge in [-0.2, -0.15) is 4.98 Å². The number of rotatable bonds is 4. The van der Waals surface area contributed by atoms with Crippen molar-refractivity contribution in [2.45, 2.75) is 6.54 Å². The van der Waals surface area contributed by atoms with Gasteiger partial charge < -0.3 is 14.9 Å². The number of aromatic hydroxyl groups is 1. The largest absolute Gasteiger partial charge is 0.508 e. The Kier molecular flexibility index (Phi) is 3.37. The molecule has 9 heteroatoms.